The van der Waals surface area contributed by atoms with Crippen molar-refractivity contribution in [3.8, 4) is 5.75 Å². The molecule has 8 nitrogen and oxygen atoms in total. The van der Waals surface area contributed by atoms with Gasteiger partial charge in [-0.05, 0) is 73.0 Å². The van der Waals surface area contributed by atoms with Gasteiger partial charge in [0.05, 0.1) is 13.7 Å². The number of hydrogen-bond donors (Lipinski definition) is 2. The fourth-order valence-electron chi connectivity index (χ4n) is 4.17. The molecule has 0 aromatic heterocycles. The number of rotatable bonds is 9. The Balaban J connectivity index is 1.56. The molecule has 3 aromatic carbocycles. The van der Waals surface area contributed by atoms with Gasteiger partial charge in [0.15, 0.2) is 12.1 Å². The molecule has 0 saturated carbocycles. The van der Waals surface area contributed by atoms with Crippen molar-refractivity contribution in [2.75, 3.05) is 12.4 Å². The summed E-state index contributed by atoms with van der Waals surface area (Å²) in [6, 6.07) is 18.3. The third kappa shape index (κ3) is 6.11. The van der Waals surface area contributed by atoms with E-state index in [9.17, 15) is 18.8 Å². The van der Waals surface area contributed by atoms with Crippen molar-refractivity contribution in [2.24, 2.45) is 0 Å². The summed E-state index contributed by atoms with van der Waals surface area (Å²) >= 11 is 0. The molecule has 1 heterocycles. The van der Waals surface area contributed by atoms with Crippen molar-refractivity contribution in [1.82, 2.24) is 10.2 Å². The minimum atomic E-state index is -0.901. The average molecular weight is 520 g/mol. The average Bonchev–Trinajstić information content (AvgIpc) is 3.25. The highest BCUT2D eigenvalue weighted by atomic mass is 19.1. The smallest absolute Gasteiger partial charge is 0.411 e. The van der Waals surface area contributed by atoms with Gasteiger partial charge < -0.3 is 20.1 Å². The van der Waals surface area contributed by atoms with Gasteiger partial charge in [-0.15, -0.1) is 0 Å². The normalized spacial score (nSPS) is 17.5. The fourth-order valence-corrected chi connectivity index (χ4v) is 4.17. The van der Waals surface area contributed by atoms with E-state index in [1.54, 1.807) is 37.4 Å². The molecule has 3 atom stereocenters. The van der Waals surface area contributed by atoms with E-state index >= 15 is 0 Å². The monoisotopic (exact) mass is 519 g/mol. The summed E-state index contributed by atoms with van der Waals surface area (Å²) < 4.78 is 24.2. The number of hydrogen-bond acceptors (Lipinski definition) is 5. The maximum absolute atomic E-state index is 13.4. The molecular weight excluding hydrogens is 489 g/mol. The number of cyclic esters (lactones) is 1. The Morgan fingerprint density at radius 2 is 1.79 bits per heavy atom. The van der Waals surface area contributed by atoms with Gasteiger partial charge in [0.1, 0.15) is 11.6 Å². The summed E-state index contributed by atoms with van der Waals surface area (Å²) in [5.41, 5.74) is 2.22. The number of anilines is 1. The minimum absolute atomic E-state index is 0.0819. The van der Waals surface area contributed by atoms with Crippen LogP contribution in [0.1, 0.15) is 47.9 Å². The second kappa shape index (κ2) is 11.8. The van der Waals surface area contributed by atoms with Crippen LogP contribution in [-0.2, 0) is 16.1 Å². The first-order valence-electron chi connectivity index (χ1n) is 12.4. The molecule has 0 aliphatic carbocycles. The summed E-state index contributed by atoms with van der Waals surface area (Å²) in [7, 11) is 1.56. The summed E-state index contributed by atoms with van der Waals surface area (Å²) in [5.74, 6) is -0.484. The van der Waals surface area contributed by atoms with Gasteiger partial charge in [0.2, 0.25) is 5.91 Å². The maximum Gasteiger partial charge on any atom is 0.411 e. The van der Waals surface area contributed by atoms with Crippen molar-refractivity contribution in [2.45, 2.75) is 45.0 Å². The quantitative estimate of drug-likeness (QED) is 0.412. The number of ether oxygens (including phenoxy) is 2. The van der Waals surface area contributed by atoms with E-state index in [2.05, 4.69) is 10.6 Å². The van der Waals surface area contributed by atoms with Gasteiger partial charge in [-0.3, -0.25) is 14.5 Å². The summed E-state index contributed by atoms with van der Waals surface area (Å²) in [6.07, 6.45) is -0.717. The van der Waals surface area contributed by atoms with Crippen LogP contribution in [-0.4, -0.2) is 42.0 Å². The van der Waals surface area contributed by atoms with Crippen molar-refractivity contribution in [3.63, 3.8) is 0 Å². The lowest BCUT2D eigenvalue weighted by Gasteiger charge is -2.26. The van der Waals surface area contributed by atoms with Crippen molar-refractivity contribution in [3.05, 3.63) is 95.3 Å². The van der Waals surface area contributed by atoms with Crippen molar-refractivity contribution >= 4 is 23.6 Å². The van der Waals surface area contributed by atoms with Crippen LogP contribution in [0, 0.1) is 5.82 Å². The largest absolute Gasteiger partial charge is 0.497 e. The van der Waals surface area contributed by atoms with Crippen LogP contribution in [0.2, 0.25) is 0 Å². The van der Waals surface area contributed by atoms with Crippen LogP contribution in [0.25, 0.3) is 0 Å². The fraction of sp³-hybridized carbons (Fsp3) is 0.276. The molecule has 1 saturated heterocycles. The lowest BCUT2D eigenvalue weighted by atomic mass is 10.00. The van der Waals surface area contributed by atoms with Gasteiger partial charge in [0.25, 0.3) is 5.91 Å². The van der Waals surface area contributed by atoms with Gasteiger partial charge in [-0.2, -0.15) is 0 Å². The summed E-state index contributed by atoms with van der Waals surface area (Å²) in [5, 5.41) is 5.72. The number of carbonyl (C=O) groups excluding carboxylic acids is 3. The Morgan fingerprint density at radius 1 is 1.08 bits per heavy atom. The van der Waals surface area contributed by atoms with Gasteiger partial charge in [-0.25, -0.2) is 9.18 Å². The Morgan fingerprint density at radius 3 is 2.45 bits per heavy atom. The maximum atomic E-state index is 13.4. The Hall–Kier alpha value is -4.40. The van der Waals surface area contributed by atoms with E-state index in [0.29, 0.717) is 22.6 Å². The highest BCUT2D eigenvalue weighted by molar-refractivity contribution is 6.04. The molecule has 0 radical (unpaired) electrons. The zero-order valence-electron chi connectivity index (χ0n) is 21.4. The first-order chi connectivity index (χ1) is 18.3. The van der Waals surface area contributed by atoms with E-state index in [-0.39, 0.29) is 24.4 Å². The van der Waals surface area contributed by atoms with E-state index < -0.39 is 24.1 Å². The molecule has 1 aliphatic heterocycles. The van der Waals surface area contributed by atoms with E-state index in [4.69, 9.17) is 9.47 Å². The van der Waals surface area contributed by atoms with Gasteiger partial charge in [0, 0.05) is 17.3 Å². The Labute approximate surface area is 220 Å². The van der Waals surface area contributed by atoms with Gasteiger partial charge in [-0.1, -0.05) is 31.2 Å². The lowest BCUT2D eigenvalue weighted by molar-refractivity contribution is -0.127. The van der Waals surface area contributed by atoms with Crippen LogP contribution < -0.4 is 15.4 Å². The molecule has 0 bridgehead atoms. The first kappa shape index (κ1) is 26.7. The highest BCUT2D eigenvalue weighted by Crippen LogP contribution is 2.35. The number of amides is 3. The van der Waals surface area contributed by atoms with E-state index in [0.717, 1.165) is 12.0 Å². The zero-order valence-corrected chi connectivity index (χ0v) is 21.4. The van der Waals surface area contributed by atoms with Crippen LogP contribution in [0.15, 0.2) is 72.8 Å². The molecule has 9 heteroatoms. The first-order valence-corrected chi connectivity index (χ1v) is 12.4. The molecule has 1 fully saturated rings. The Bertz CT molecular complexity index is 1300. The second-order valence-corrected chi connectivity index (χ2v) is 9.13. The molecule has 3 unspecified atom stereocenters. The molecule has 0 spiro atoms. The Kier molecular flexibility index (Phi) is 8.25. The van der Waals surface area contributed by atoms with Crippen LogP contribution in [0.3, 0.4) is 0 Å². The van der Waals surface area contributed by atoms with Crippen LogP contribution >= 0.6 is 0 Å². The van der Waals surface area contributed by atoms with Crippen LogP contribution in [0.5, 0.6) is 5.75 Å². The number of halogens is 1. The number of nitrogens with zero attached hydrogens (tertiary/aromatic N) is 1. The molecule has 198 valence electrons. The molecule has 2 N–H and O–H groups in total. The molecular formula is C29H30FN3O5. The SMILES string of the molecule is CCC(C)NC(=O)C1C(c2ccc(NC(=O)c3ccc(F)cc3)cc2)OC(=O)N1Cc1cccc(OC)c1. The molecule has 4 rings (SSSR count). The summed E-state index contributed by atoms with van der Waals surface area (Å²) in [6.45, 7) is 4.03. The molecule has 1 aliphatic rings. The third-order valence-corrected chi connectivity index (χ3v) is 6.45. The number of carbonyl (C=O) groups is 3. The van der Waals surface area contributed by atoms with Crippen molar-refractivity contribution < 1.29 is 28.2 Å². The molecule has 3 amide bonds. The third-order valence-electron chi connectivity index (χ3n) is 6.45. The standard InChI is InChI=1S/C29H30FN3O5/c1-4-18(2)31-28(35)25-26(38-29(36)33(25)17-19-6-5-7-24(16-19)37-3)20-10-14-23(15-11-20)32-27(34)21-8-12-22(30)13-9-21/h5-16,18,25-26H,4,17H2,1-3H3,(H,31,35)(H,32,34). The van der Waals surface area contributed by atoms with E-state index in [1.165, 1.54) is 29.2 Å². The topological polar surface area (TPSA) is 97.0 Å². The summed E-state index contributed by atoms with van der Waals surface area (Å²) in [4.78, 5) is 40.2. The molecule has 3 aromatic rings. The second-order valence-electron chi connectivity index (χ2n) is 9.13. The number of benzene rings is 3. The predicted molar refractivity (Wildman–Crippen MR) is 140 cm³/mol. The number of methoxy groups -OCH3 is 1. The number of nitrogens with one attached hydrogen (secondary N) is 2. The minimum Gasteiger partial charge on any atom is -0.497 e. The van der Waals surface area contributed by atoms with Gasteiger partial charge >= 0.3 is 6.09 Å². The van der Waals surface area contributed by atoms with E-state index in [1.807, 2.05) is 32.0 Å². The zero-order chi connectivity index (χ0) is 27.2. The highest BCUT2D eigenvalue weighted by Gasteiger charge is 2.47. The van der Waals surface area contributed by atoms with Crippen molar-refractivity contribution in [1.29, 1.82) is 0 Å². The van der Waals surface area contributed by atoms with Crippen LogP contribution in [0.4, 0.5) is 14.9 Å². The lowest BCUT2D eigenvalue weighted by Crippen LogP contribution is -2.48. The molecule has 38 heavy (non-hydrogen) atoms. The predicted octanol–water partition coefficient (Wildman–Crippen LogP) is 5.06.